The summed E-state index contributed by atoms with van der Waals surface area (Å²) in [4.78, 5) is 0. The van der Waals surface area contributed by atoms with Crippen LogP contribution in [0.1, 0.15) is 18.9 Å². The van der Waals surface area contributed by atoms with Crippen molar-refractivity contribution in [3.63, 3.8) is 0 Å². The SMILES string of the molecule is CCCc1ccc(Br)c(OC)c1OC. The molecular formula is C11H15BrO2. The molecule has 0 aliphatic heterocycles. The molecule has 3 heteroatoms. The molecule has 0 atom stereocenters. The van der Waals surface area contributed by atoms with Crippen LogP contribution in [0.5, 0.6) is 11.5 Å². The van der Waals surface area contributed by atoms with Crippen LogP contribution in [0.3, 0.4) is 0 Å². The van der Waals surface area contributed by atoms with Crippen LogP contribution in [0.4, 0.5) is 0 Å². The van der Waals surface area contributed by atoms with Gasteiger partial charge < -0.3 is 9.47 Å². The molecule has 0 aliphatic rings. The summed E-state index contributed by atoms with van der Waals surface area (Å²) in [7, 11) is 3.32. The fourth-order valence-corrected chi connectivity index (χ4v) is 1.93. The molecule has 0 spiro atoms. The van der Waals surface area contributed by atoms with Crippen LogP contribution < -0.4 is 9.47 Å². The minimum atomic E-state index is 0.776. The Morgan fingerprint density at radius 3 is 2.29 bits per heavy atom. The van der Waals surface area contributed by atoms with Crippen molar-refractivity contribution in [2.75, 3.05) is 14.2 Å². The summed E-state index contributed by atoms with van der Waals surface area (Å²) < 4.78 is 11.6. The maximum Gasteiger partial charge on any atom is 0.175 e. The summed E-state index contributed by atoms with van der Waals surface area (Å²) in [5.41, 5.74) is 1.19. The van der Waals surface area contributed by atoms with Gasteiger partial charge in [0, 0.05) is 0 Å². The van der Waals surface area contributed by atoms with Crippen molar-refractivity contribution < 1.29 is 9.47 Å². The highest BCUT2D eigenvalue weighted by Crippen LogP contribution is 2.38. The Morgan fingerprint density at radius 1 is 1.14 bits per heavy atom. The molecule has 1 aromatic rings. The maximum atomic E-state index is 5.35. The number of hydrogen-bond acceptors (Lipinski definition) is 2. The number of rotatable bonds is 4. The summed E-state index contributed by atoms with van der Waals surface area (Å²) in [6.07, 6.45) is 2.11. The molecule has 0 fully saturated rings. The third kappa shape index (κ3) is 2.21. The highest BCUT2D eigenvalue weighted by Gasteiger charge is 2.12. The van der Waals surface area contributed by atoms with Crippen LogP contribution >= 0.6 is 15.9 Å². The van der Waals surface area contributed by atoms with E-state index in [2.05, 4.69) is 28.9 Å². The Bertz CT molecular complexity index is 310. The fourth-order valence-electron chi connectivity index (χ4n) is 1.46. The van der Waals surface area contributed by atoms with Crippen molar-refractivity contribution in [1.82, 2.24) is 0 Å². The summed E-state index contributed by atoms with van der Waals surface area (Å²) in [5.74, 6) is 1.61. The van der Waals surface area contributed by atoms with Crippen LogP contribution in [-0.4, -0.2) is 14.2 Å². The Kier molecular flexibility index (Phi) is 4.26. The molecule has 0 amide bonds. The molecule has 0 saturated carbocycles. The van der Waals surface area contributed by atoms with E-state index in [1.165, 1.54) is 5.56 Å². The highest BCUT2D eigenvalue weighted by molar-refractivity contribution is 9.10. The standard InChI is InChI=1S/C11H15BrO2/c1-4-5-8-6-7-9(12)11(14-3)10(8)13-2/h6-7H,4-5H2,1-3H3. The van der Waals surface area contributed by atoms with Gasteiger partial charge in [-0.25, -0.2) is 0 Å². The van der Waals surface area contributed by atoms with Gasteiger partial charge in [-0.2, -0.15) is 0 Å². The average molecular weight is 259 g/mol. The zero-order valence-electron chi connectivity index (χ0n) is 8.76. The van der Waals surface area contributed by atoms with Gasteiger partial charge in [0.1, 0.15) is 0 Å². The molecule has 2 nitrogen and oxygen atoms in total. The highest BCUT2D eigenvalue weighted by atomic mass is 79.9. The lowest BCUT2D eigenvalue weighted by molar-refractivity contribution is 0.349. The molecule has 0 N–H and O–H groups in total. The van der Waals surface area contributed by atoms with Crippen LogP contribution in [0.2, 0.25) is 0 Å². The minimum absolute atomic E-state index is 0.776. The molecule has 0 unspecified atom stereocenters. The van der Waals surface area contributed by atoms with Crippen LogP contribution in [0.15, 0.2) is 16.6 Å². The zero-order chi connectivity index (χ0) is 10.6. The lowest BCUT2D eigenvalue weighted by Crippen LogP contribution is -1.96. The van der Waals surface area contributed by atoms with Gasteiger partial charge in [0.25, 0.3) is 0 Å². The summed E-state index contributed by atoms with van der Waals surface area (Å²) in [5, 5.41) is 0. The van der Waals surface area contributed by atoms with Gasteiger partial charge in [-0.15, -0.1) is 0 Å². The molecule has 14 heavy (non-hydrogen) atoms. The molecule has 0 aromatic heterocycles. The maximum absolute atomic E-state index is 5.35. The lowest BCUT2D eigenvalue weighted by atomic mass is 10.1. The van der Waals surface area contributed by atoms with Crippen molar-refractivity contribution in [1.29, 1.82) is 0 Å². The second-order valence-corrected chi connectivity index (χ2v) is 3.88. The smallest absolute Gasteiger partial charge is 0.175 e. The first-order chi connectivity index (χ1) is 6.74. The number of methoxy groups -OCH3 is 2. The van der Waals surface area contributed by atoms with Crippen molar-refractivity contribution in [2.24, 2.45) is 0 Å². The van der Waals surface area contributed by atoms with Gasteiger partial charge in [0.2, 0.25) is 0 Å². The number of ether oxygens (including phenoxy) is 2. The van der Waals surface area contributed by atoms with Gasteiger partial charge in [-0.05, 0) is 34.0 Å². The molecule has 1 rings (SSSR count). The van der Waals surface area contributed by atoms with Crippen LogP contribution in [0.25, 0.3) is 0 Å². The fraction of sp³-hybridized carbons (Fsp3) is 0.455. The first kappa shape index (κ1) is 11.4. The first-order valence-electron chi connectivity index (χ1n) is 4.64. The van der Waals surface area contributed by atoms with Gasteiger partial charge in [-0.3, -0.25) is 0 Å². The molecule has 0 bridgehead atoms. The van der Waals surface area contributed by atoms with Gasteiger partial charge in [0.15, 0.2) is 11.5 Å². The van der Waals surface area contributed by atoms with E-state index in [0.29, 0.717) is 0 Å². The average Bonchev–Trinajstić information content (AvgIpc) is 2.20. The van der Waals surface area contributed by atoms with E-state index in [-0.39, 0.29) is 0 Å². The van der Waals surface area contributed by atoms with Crippen LogP contribution in [0, 0.1) is 0 Å². The van der Waals surface area contributed by atoms with E-state index in [0.717, 1.165) is 28.8 Å². The molecule has 0 saturated heterocycles. The van der Waals surface area contributed by atoms with Gasteiger partial charge in [-0.1, -0.05) is 19.4 Å². The third-order valence-electron chi connectivity index (χ3n) is 2.07. The van der Waals surface area contributed by atoms with Gasteiger partial charge >= 0.3 is 0 Å². The summed E-state index contributed by atoms with van der Waals surface area (Å²) >= 11 is 3.43. The van der Waals surface area contributed by atoms with E-state index in [9.17, 15) is 0 Å². The monoisotopic (exact) mass is 258 g/mol. The molecule has 0 radical (unpaired) electrons. The normalized spacial score (nSPS) is 10.0. The quantitative estimate of drug-likeness (QED) is 0.824. The van der Waals surface area contributed by atoms with Crippen molar-refractivity contribution in [3.8, 4) is 11.5 Å². The Labute approximate surface area is 93.4 Å². The molecule has 0 heterocycles. The Hall–Kier alpha value is -0.700. The Morgan fingerprint density at radius 2 is 1.79 bits per heavy atom. The third-order valence-corrected chi connectivity index (χ3v) is 2.70. The van der Waals surface area contributed by atoms with E-state index >= 15 is 0 Å². The summed E-state index contributed by atoms with van der Waals surface area (Å²) in [6, 6.07) is 4.06. The largest absolute Gasteiger partial charge is 0.493 e. The number of benzene rings is 1. The van der Waals surface area contributed by atoms with E-state index in [4.69, 9.17) is 9.47 Å². The Balaban J connectivity index is 3.18. The van der Waals surface area contributed by atoms with E-state index < -0.39 is 0 Å². The number of aryl methyl sites for hydroxylation is 1. The molecule has 0 aliphatic carbocycles. The van der Waals surface area contributed by atoms with Crippen molar-refractivity contribution >= 4 is 15.9 Å². The van der Waals surface area contributed by atoms with E-state index in [1.807, 2.05) is 6.07 Å². The van der Waals surface area contributed by atoms with Crippen molar-refractivity contribution in [2.45, 2.75) is 19.8 Å². The van der Waals surface area contributed by atoms with Crippen molar-refractivity contribution in [3.05, 3.63) is 22.2 Å². The zero-order valence-corrected chi connectivity index (χ0v) is 10.3. The number of halogens is 1. The predicted molar refractivity (Wildman–Crippen MR) is 61.2 cm³/mol. The second-order valence-electron chi connectivity index (χ2n) is 3.02. The molecule has 1 aromatic carbocycles. The molecular weight excluding hydrogens is 244 g/mol. The predicted octanol–water partition coefficient (Wildman–Crippen LogP) is 3.42. The second kappa shape index (κ2) is 5.25. The first-order valence-corrected chi connectivity index (χ1v) is 5.43. The summed E-state index contributed by atoms with van der Waals surface area (Å²) in [6.45, 7) is 2.15. The lowest BCUT2D eigenvalue weighted by Gasteiger charge is -2.13. The van der Waals surface area contributed by atoms with Gasteiger partial charge in [0.05, 0.1) is 18.7 Å². The minimum Gasteiger partial charge on any atom is -0.493 e. The van der Waals surface area contributed by atoms with E-state index in [1.54, 1.807) is 14.2 Å². The van der Waals surface area contributed by atoms with Crippen LogP contribution in [-0.2, 0) is 6.42 Å². The molecule has 78 valence electrons. The topological polar surface area (TPSA) is 18.5 Å². The number of hydrogen-bond donors (Lipinski definition) is 0.